The smallest absolute Gasteiger partial charge is 0.363 e. The van der Waals surface area contributed by atoms with Gasteiger partial charge in [0.25, 0.3) is 5.91 Å². The monoisotopic (exact) mass is 302 g/mol. The number of halogens is 3. The van der Waals surface area contributed by atoms with Gasteiger partial charge in [-0.25, -0.2) is 0 Å². The molecule has 114 valence electrons. The Hall–Kier alpha value is -2.09. The van der Waals surface area contributed by atoms with Crippen molar-refractivity contribution in [3.63, 3.8) is 0 Å². The molecule has 5 nitrogen and oxygen atoms in total. The van der Waals surface area contributed by atoms with Crippen molar-refractivity contribution in [1.82, 2.24) is 10.2 Å². The SMILES string of the molecule is C[C@@]1(O)C(=O)NCC(=O)N1Cc1ccc(C(F)(F)F)cc1. The lowest BCUT2D eigenvalue weighted by molar-refractivity contribution is -0.179. The van der Waals surface area contributed by atoms with Crippen molar-refractivity contribution in [2.45, 2.75) is 25.4 Å². The molecule has 1 aliphatic rings. The fourth-order valence-electron chi connectivity index (χ4n) is 2.01. The summed E-state index contributed by atoms with van der Waals surface area (Å²) >= 11 is 0. The van der Waals surface area contributed by atoms with Gasteiger partial charge in [-0.05, 0) is 24.6 Å². The van der Waals surface area contributed by atoms with Crippen LogP contribution < -0.4 is 5.32 Å². The van der Waals surface area contributed by atoms with E-state index in [1.165, 1.54) is 12.1 Å². The van der Waals surface area contributed by atoms with Crippen molar-refractivity contribution < 1.29 is 27.9 Å². The number of carbonyl (C=O) groups excluding carboxylic acids is 2. The average molecular weight is 302 g/mol. The normalized spacial score (nSPS) is 23.2. The van der Waals surface area contributed by atoms with Gasteiger partial charge in [-0.2, -0.15) is 13.2 Å². The third-order valence-corrected chi connectivity index (χ3v) is 3.28. The van der Waals surface area contributed by atoms with Crippen LogP contribution in [-0.2, 0) is 22.3 Å². The second-order valence-electron chi connectivity index (χ2n) is 4.88. The summed E-state index contributed by atoms with van der Waals surface area (Å²) in [6.07, 6.45) is -4.44. The number of alkyl halides is 3. The van der Waals surface area contributed by atoms with E-state index in [2.05, 4.69) is 5.32 Å². The number of hydrogen-bond donors (Lipinski definition) is 2. The summed E-state index contributed by atoms with van der Waals surface area (Å²) in [5.74, 6) is -1.24. The van der Waals surface area contributed by atoms with Gasteiger partial charge in [0.1, 0.15) is 0 Å². The van der Waals surface area contributed by atoms with Crippen molar-refractivity contribution in [2.24, 2.45) is 0 Å². The second-order valence-corrected chi connectivity index (χ2v) is 4.88. The fourth-order valence-corrected chi connectivity index (χ4v) is 2.01. The summed E-state index contributed by atoms with van der Waals surface area (Å²) in [6, 6.07) is 4.19. The molecule has 0 unspecified atom stereocenters. The molecule has 1 saturated heterocycles. The minimum absolute atomic E-state index is 0.155. The average Bonchev–Trinajstić information content (AvgIpc) is 2.39. The van der Waals surface area contributed by atoms with Crippen LogP contribution in [-0.4, -0.2) is 34.1 Å². The van der Waals surface area contributed by atoms with Gasteiger partial charge in [-0.3, -0.25) is 9.59 Å². The highest BCUT2D eigenvalue weighted by Crippen LogP contribution is 2.29. The van der Waals surface area contributed by atoms with Crippen LogP contribution in [0.1, 0.15) is 18.1 Å². The van der Waals surface area contributed by atoms with Gasteiger partial charge >= 0.3 is 6.18 Å². The van der Waals surface area contributed by atoms with E-state index in [0.717, 1.165) is 24.0 Å². The molecule has 8 heteroatoms. The number of aliphatic hydroxyl groups is 1. The van der Waals surface area contributed by atoms with Crippen LogP contribution in [0.5, 0.6) is 0 Å². The van der Waals surface area contributed by atoms with E-state index in [1.807, 2.05) is 0 Å². The second kappa shape index (κ2) is 5.03. The Kier molecular flexibility index (Phi) is 3.66. The first-order valence-electron chi connectivity index (χ1n) is 6.09. The summed E-state index contributed by atoms with van der Waals surface area (Å²) in [5, 5.41) is 12.3. The number of rotatable bonds is 2. The van der Waals surface area contributed by atoms with Gasteiger partial charge < -0.3 is 15.3 Å². The summed E-state index contributed by atoms with van der Waals surface area (Å²) in [7, 11) is 0. The van der Waals surface area contributed by atoms with Crippen LogP contribution in [0.15, 0.2) is 24.3 Å². The van der Waals surface area contributed by atoms with Gasteiger partial charge in [0.05, 0.1) is 12.1 Å². The molecule has 1 heterocycles. The number of hydrogen-bond acceptors (Lipinski definition) is 3. The highest BCUT2D eigenvalue weighted by Gasteiger charge is 2.44. The van der Waals surface area contributed by atoms with E-state index in [1.54, 1.807) is 0 Å². The quantitative estimate of drug-likeness (QED) is 0.852. The molecule has 0 bridgehead atoms. The summed E-state index contributed by atoms with van der Waals surface area (Å²) in [4.78, 5) is 24.2. The van der Waals surface area contributed by atoms with Crippen LogP contribution in [0.2, 0.25) is 0 Å². The highest BCUT2D eigenvalue weighted by molar-refractivity contribution is 5.96. The zero-order valence-corrected chi connectivity index (χ0v) is 11.1. The minimum Gasteiger partial charge on any atom is -0.363 e. The lowest BCUT2D eigenvalue weighted by Gasteiger charge is -2.39. The minimum atomic E-state index is -4.44. The first kappa shape index (κ1) is 15.3. The molecular formula is C13H13F3N2O3. The number of amides is 2. The lowest BCUT2D eigenvalue weighted by Crippen LogP contribution is -2.65. The standard InChI is InChI=1S/C13H13F3N2O3/c1-12(21)11(20)17-6-10(19)18(12)7-8-2-4-9(5-3-8)13(14,15)16/h2-5,21H,6-7H2,1H3,(H,17,20)/t12-/m1/s1. The van der Waals surface area contributed by atoms with Gasteiger partial charge in [0.2, 0.25) is 11.6 Å². The van der Waals surface area contributed by atoms with E-state index in [9.17, 15) is 27.9 Å². The van der Waals surface area contributed by atoms with Crippen LogP contribution in [0.3, 0.4) is 0 Å². The Morgan fingerprint density at radius 2 is 1.86 bits per heavy atom. The number of nitrogens with one attached hydrogen (secondary N) is 1. The van der Waals surface area contributed by atoms with E-state index in [-0.39, 0.29) is 13.1 Å². The third-order valence-electron chi connectivity index (χ3n) is 3.28. The molecule has 2 N–H and O–H groups in total. The number of carbonyl (C=O) groups is 2. The highest BCUT2D eigenvalue weighted by atomic mass is 19.4. The van der Waals surface area contributed by atoms with E-state index >= 15 is 0 Å². The molecule has 0 aromatic heterocycles. The molecule has 2 rings (SSSR count). The fraction of sp³-hybridized carbons (Fsp3) is 0.385. The van der Waals surface area contributed by atoms with Crippen LogP contribution in [0, 0.1) is 0 Å². The lowest BCUT2D eigenvalue weighted by atomic mass is 10.1. The maximum Gasteiger partial charge on any atom is 0.416 e. The number of benzene rings is 1. The van der Waals surface area contributed by atoms with Crippen molar-refractivity contribution in [1.29, 1.82) is 0 Å². The molecule has 0 radical (unpaired) electrons. The molecule has 1 aromatic carbocycles. The van der Waals surface area contributed by atoms with Crippen LogP contribution in [0.4, 0.5) is 13.2 Å². The zero-order chi connectivity index (χ0) is 15.8. The number of piperazine rings is 1. The zero-order valence-electron chi connectivity index (χ0n) is 11.1. The van der Waals surface area contributed by atoms with Crippen molar-refractivity contribution in [3.8, 4) is 0 Å². The third kappa shape index (κ3) is 2.99. The predicted octanol–water partition coefficient (Wildman–Crippen LogP) is 0.872. The molecular weight excluding hydrogens is 289 g/mol. The summed E-state index contributed by atoms with van der Waals surface area (Å²) in [5.41, 5.74) is -2.45. The molecule has 1 atom stereocenters. The Morgan fingerprint density at radius 3 is 2.38 bits per heavy atom. The van der Waals surface area contributed by atoms with Crippen LogP contribution in [0.25, 0.3) is 0 Å². The molecule has 2 amide bonds. The van der Waals surface area contributed by atoms with Crippen molar-refractivity contribution in [3.05, 3.63) is 35.4 Å². The Morgan fingerprint density at radius 1 is 1.29 bits per heavy atom. The molecule has 1 fully saturated rings. The Labute approximate surface area is 118 Å². The predicted molar refractivity (Wildman–Crippen MR) is 65.6 cm³/mol. The summed E-state index contributed by atoms with van der Waals surface area (Å²) < 4.78 is 37.4. The van der Waals surface area contributed by atoms with E-state index < -0.39 is 29.3 Å². The molecule has 21 heavy (non-hydrogen) atoms. The van der Waals surface area contributed by atoms with Gasteiger partial charge in [-0.1, -0.05) is 12.1 Å². The first-order valence-corrected chi connectivity index (χ1v) is 6.09. The maximum atomic E-state index is 12.5. The Bertz CT molecular complexity index is 567. The molecule has 0 saturated carbocycles. The summed E-state index contributed by atoms with van der Waals surface area (Å²) in [6.45, 7) is 0.747. The van der Waals surface area contributed by atoms with Crippen molar-refractivity contribution >= 4 is 11.8 Å². The molecule has 0 spiro atoms. The van der Waals surface area contributed by atoms with E-state index in [4.69, 9.17) is 0 Å². The Balaban J connectivity index is 2.20. The van der Waals surface area contributed by atoms with Gasteiger partial charge in [0, 0.05) is 6.54 Å². The van der Waals surface area contributed by atoms with E-state index in [0.29, 0.717) is 5.56 Å². The topological polar surface area (TPSA) is 69.6 Å². The van der Waals surface area contributed by atoms with Gasteiger partial charge in [0.15, 0.2) is 0 Å². The molecule has 1 aliphatic heterocycles. The largest absolute Gasteiger partial charge is 0.416 e. The molecule has 1 aromatic rings. The number of nitrogens with zero attached hydrogens (tertiary/aromatic N) is 1. The van der Waals surface area contributed by atoms with Crippen LogP contribution >= 0.6 is 0 Å². The van der Waals surface area contributed by atoms with Crippen molar-refractivity contribution in [2.75, 3.05) is 6.54 Å². The maximum absolute atomic E-state index is 12.5. The first-order chi connectivity index (χ1) is 9.62. The molecule has 0 aliphatic carbocycles. The van der Waals surface area contributed by atoms with Gasteiger partial charge in [-0.15, -0.1) is 0 Å².